The first-order valence-electron chi connectivity index (χ1n) is 8.14. The third-order valence-corrected chi connectivity index (χ3v) is 4.53. The summed E-state index contributed by atoms with van der Waals surface area (Å²) in [5.41, 5.74) is -6.10. The number of hydrogen-bond acceptors (Lipinski definition) is 7. The maximum absolute atomic E-state index is 14.6. The van der Waals surface area contributed by atoms with Crippen LogP contribution in [0, 0.1) is 109 Å². The molecule has 0 N–H and O–H groups in total. The first-order chi connectivity index (χ1) is 15.3. The smallest absolute Gasteiger partial charge is 0.180 e. The Hall–Kier alpha value is -5.41. The minimum Gasteiger partial charge on any atom is -0.203 e. The SMILES string of the molecule is N#CC1=CC(=C(C#N)C#N)C(C#N)=C(C#N)C1C(C#N)c1c(F)c(F)c(C#N)c(F)c1F. The van der Waals surface area contributed by atoms with Gasteiger partial charge in [-0.05, 0) is 6.08 Å². The van der Waals surface area contributed by atoms with Gasteiger partial charge in [-0.15, -0.1) is 0 Å². The summed E-state index contributed by atoms with van der Waals surface area (Å²) in [6.45, 7) is 0. The number of rotatable bonds is 2. The van der Waals surface area contributed by atoms with Crippen molar-refractivity contribution in [1.29, 1.82) is 36.8 Å². The van der Waals surface area contributed by atoms with Crippen molar-refractivity contribution >= 4 is 0 Å². The summed E-state index contributed by atoms with van der Waals surface area (Å²) in [4.78, 5) is 0. The Bertz CT molecular complexity index is 1400. The van der Waals surface area contributed by atoms with E-state index >= 15 is 0 Å². The molecule has 0 bridgehead atoms. The third-order valence-electron chi connectivity index (χ3n) is 4.53. The predicted molar refractivity (Wildman–Crippen MR) is 93.0 cm³/mol. The van der Waals surface area contributed by atoms with Gasteiger partial charge in [0, 0.05) is 16.7 Å². The van der Waals surface area contributed by atoms with Crippen molar-refractivity contribution in [3.63, 3.8) is 0 Å². The van der Waals surface area contributed by atoms with Crippen LogP contribution in [-0.2, 0) is 0 Å². The van der Waals surface area contributed by atoms with Crippen molar-refractivity contribution in [2.75, 3.05) is 0 Å². The van der Waals surface area contributed by atoms with Gasteiger partial charge in [0.1, 0.15) is 35.4 Å². The van der Waals surface area contributed by atoms with Crippen LogP contribution in [0.2, 0.25) is 0 Å². The Morgan fingerprint density at radius 1 is 0.750 bits per heavy atom. The fourth-order valence-corrected chi connectivity index (χ4v) is 3.14. The number of allylic oxidation sites excluding steroid dienone is 6. The Balaban J connectivity index is 3.01. The van der Waals surface area contributed by atoms with E-state index in [0.29, 0.717) is 0 Å². The number of hydrogen-bond donors (Lipinski definition) is 0. The van der Waals surface area contributed by atoms with Crippen LogP contribution in [0.25, 0.3) is 0 Å². The van der Waals surface area contributed by atoms with Gasteiger partial charge >= 0.3 is 0 Å². The molecule has 150 valence electrons. The molecular formula is C21H3F4N7. The Labute approximate surface area is 177 Å². The molecule has 1 aromatic rings. The second kappa shape index (κ2) is 8.95. The molecule has 0 saturated heterocycles. The highest BCUT2D eigenvalue weighted by molar-refractivity contribution is 5.69. The van der Waals surface area contributed by atoms with Crippen LogP contribution in [0.1, 0.15) is 17.0 Å². The number of nitriles is 7. The second-order valence-corrected chi connectivity index (χ2v) is 5.98. The van der Waals surface area contributed by atoms with E-state index in [1.807, 2.05) is 0 Å². The highest BCUT2D eigenvalue weighted by Crippen LogP contribution is 2.44. The highest BCUT2D eigenvalue weighted by atomic mass is 19.2. The molecule has 2 atom stereocenters. The van der Waals surface area contributed by atoms with Crippen LogP contribution in [-0.4, -0.2) is 0 Å². The van der Waals surface area contributed by atoms with Crippen LogP contribution in [0.3, 0.4) is 0 Å². The normalized spacial score (nSPS) is 15.5. The fourth-order valence-electron chi connectivity index (χ4n) is 3.14. The molecule has 2 rings (SSSR count). The average Bonchev–Trinajstić information content (AvgIpc) is 2.81. The van der Waals surface area contributed by atoms with Gasteiger partial charge in [0.2, 0.25) is 0 Å². The molecule has 11 heteroatoms. The largest absolute Gasteiger partial charge is 0.203 e. The first-order valence-corrected chi connectivity index (χ1v) is 8.14. The molecule has 1 aromatic carbocycles. The number of nitrogens with zero attached hydrogens (tertiary/aromatic N) is 7. The summed E-state index contributed by atoms with van der Waals surface area (Å²) in [6.07, 6.45) is 0.808. The van der Waals surface area contributed by atoms with E-state index in [1.54, 1.807) is 6.07 Å². The number of halogens is 4. The summed E-state index contributed by atoms with van der Waals surface area (Å²) >= 11 is 0. The van der Waals surface area contributed by atoms with Gasteiger partial charge in [-0.3, -0.25) is 0 Å². The van der Waals surface area contributed by atoms with Crippen LogP contribution in [0.15, 0.2) is 33.9 Å². The van der Waals surface area contributed by atoms with Crippen LogP contribution in [0.5, 0.6) is 0 Å². The van der Waals surface area contributed by atoms with Gasteiger partial charge in [-0.25, -0.2) is 17.6 Å². The van der Waals surface area contributed by atoms with Crippen molar-refractivity contribution in [3.05, 3.63) is 68.3 Å². The van der Waals surface area contributed by atoms with Crippen LogP contribution >= 0.6 is 0 Å². The lowest BCUT2D eigenvalue weighted by Crippen LogP contribution is -2.24. The maximum atomic E-state index is 14.6. The average molecular weight is 429 g/mol. The van der Waals surface area contributed by atoms with E-state index in [-0.39, 0.29) is 0 Å². The molecule has 2 unspecified atom stereocenters. The van der Waals surface area contributed by atoms with E-state index in [9.17, 15) is 38.6 Å². The second-order valence-electron chi connectivity index (χ2n) is 5.98. The fraction of sp³-hybridized carbons (Fsp3) is 0.0952. The molecule has 0 radical (unpaired) electrons. The van der Waals surface area contributed by atoms with Gasteiger partial charge in [-0.1, -0.05) is 0 Å². The molecule has 0 spiro atoms. The molecule has 0 aliphatic heterocycles. The minimum atomic E-state index is -2.23. The van der Waals surface area contributed by atoms with Crippen LogP contribution in [0.4, 0.5) is 17.6 Å². The Kier molecular flexibility index (Phi) is 6.39. The molecular weight excluding hydrogens is 426 g/mol. The zero-order chi connectivity index (χ0) is 24.2. The lowest BCUT2D eigenvalue weighted by molar-refractivity contribution is 0.423. The molecule has 0 saturated carbocycles. The minimum absolute atomic E-state index is 0.434. The molecule has 32 heavy (non-hydrogen) atoms. The van der Waals surface area contributed by atoms with E-state index in [2.05, 4.69) is 0 Å². The van der Waals surface area contributed by atoms with Gasteiger partial charge < -0.3 is 0 Å². The van der Waals surface area contributed by atoms with Crippen molar-refractivity contribution < 1.29 is 17.6 Å². The van der Waals surface area contributed by atoms with E-state index in [4.69, 9.17) is 15.8 Å². The van der Waals surface area contributed by atoms with Crippen molar-refractivity contribution in [1.82, 2.24) is 0 Å². The lowest BCUT2D eigenvalue weighted by Gasteiger charge is -2.26. The Morgan fingerprint density at radius 2 is 1.31 bits per heavy atom. The first kappa shape index (κ1) is 22.9. The topological polar surface area (TPSA) is 167 Å². The Morgan fingerprint density at radius 3 is 1.69 bits per heavy atom. The van der Waals surface area contributed by atoms with Gasteiger partial charge in [0.05, 0.1) is 41.2 Å². The van der Waals surface area contributed by atoms with Gasteiger partial charge in [0.25, 0.3) is 0 Å². The molecule has 1 aliphatic carbocycles. The molecule has 7 nitrogen and oxygen atoms in total. The van der Waals surface area contributed by atoms with E-state index < -0.39 is 74.1 Å². The van der Waals surface area contributed by atoms with Gasteiger partial charge in [0.15, 0.2) is 23.3 Å². The summed E-state index contributed by atoms with van der Waals surface area (Å²) in [5.74, 6) is -12.4. The standard InChI is InChI=1S/C21H3F4N7/c22-18-15(8-32)19(23)21(25)17(20(18)24)14(7-31)16-9(2-26)1-11(10(3-27)4-28)12(5-29)13(16)6-30/h1,14,16H. The van der Waals surface area contributed by atoms with E-state index in [1.165, 1.54) is 30.3 Å². The quantitative estimate of drug-likeness (QED) is 0.394. The molecule has 0 aromatic heterocycles. The molecule has 0 amide bonds. The van der Waals surface area contributed by atoms with Crippen molar-refractivity contribution in [2.24, 2.45) is 5.92 Å². The van der Waals surface area contributed by atoms with Gasteiger partial charge in [-0.2, -0.15) is 36.8 Å². The molecule has 0 heterocycles. The maximum Gasteiger partial charge on any atom is 0.180 e. The van der Waals surface area contributed by atoms with E-state index in [0.717, 1.165) is 12.1 Å². The molecule has 0 fully saturated rings. The summed E-state index contributed by atoms with van der Waals surface area (Å²) in [7, 11) is 0. The lowest BCUT2D eigenvalue weighted by atomic mass is 9.71. The molecule has 1 aliphatic rings. The monoisotopic (exact) mass is 429 g/mol. The van der Waals surface area contributed by atoms with Crippen molar-refractivity contribution in [3.8, 4) is 42.5 Å². The van der Waals surface area contributed by atoms with Crippen molar-refractivity contribution in [2.45, 2.75) is 5.92 Å². The zero-order valence-electron chi connectivity index (χ0n) is 15.4. The summed E-state index contributed by atoms with van der Waals surface area (Å²) in [5, 5.41) is 65.0. The van der Waals surface area contributed by atoms with Crippen LogP contribution < -0.4 is 0 Å². The third kappa shape index (κ3) is 3.28. The highest BCUT2D eigenvalue weighted by Gasteiger charge is 2.41. The summed E-state index contributed by atoms with van der Waals surface area (Å²) in [6, 6.07) is 9.84. The zero-order valence-corrected chi connectivity index (χ0v) is 15.4. The predicted octanol–water partition coefficient (Wildman–Crippen LogP) is 3.49. The summed E-state index contributed by atoms with van der Waals surface area (Å²) < 4.78 is 57.4. The number of benzene rings is 1.